The molecule has 4 rings (SSSR count). The van der Waals surface area contributed by atoms with Gasteiger partial charge in [0.25, 0.3) is 5.91 Å². The van der Waals surface area contributed by atoms with Crippen molar-refractivity contribution in [2.75, 3.05) is 25.7 Å². The fourth-order valence-corrected chi connectivity index (χ4v) is 3.48. The highest BCUT2D eigenvalue weighted by atomic mass is 16.5. The molecule has 2 aromatic heterocycles. The van der Waals surface area contributed by atoms with Gasteiger partial charge in [-0.1, -0.05) is 12.1 Å². The summed E-state index contributed by atoms with van der Waals surface area (Å²) in [6.07, 6.45) is 2.77. The molecule has 1 aromatic carbocycles. The van der Waals surface area contributed by atoms with Crippen LogP contribution in [0.4, 0.5) is 10.5 Å². The molecule has 170 valence electrons. The summed E-state index contributed by atoms with van der Waals surface area (Å²) in [6, 6.07) is 12.8. The Kier molecular flexibility index (Phi) is 6.25. The zero-order valence-corrected chi connectivity index (χ0v) is 18.0. The van der Waals surface area contributed by atoms with E-state index >= 15 is 0 Å². The van der Waals surface area contributed by atoms with Crippen LogP contribution in [0.25, 0.3) is 0 Å². The summed E-state index contributed by atoms with van der Waals surface area (Å²) in [5.41, 5.74) is 0.975. The lowest BCUT2D eigenvalue weighted by Gasteiger charge is -2.20. The highest BCUT2D eigenvalue weighted by molar-refractivity contribution is 6.02. The fraction of sp³-hybridized carbons (Fsp3) is 0.217. The van der Waals surface area contributed by atoms with Crippen LogP contribution >= 0.6 is 0 Å². The van der Waals surface area contributed by atoms with Crippen LogP contribution in [0.1, 0.15) is 34.3 Å². The van der Waals surface area contributed by atoms with Crippen LogP contribution in [0.15, 0.2) is 75.0 Å². The average molecular weight is 451 g/mol. The van der Waals surface area contributed by atoms with Crippen LogP contribution in [-0.2, 0) is 14.3 Å². The molecule has 1 aliphatic heterocycles. The van der Waals surface area contributed by atoms with E-state index < -0.39 is 30.6 Å². The quantitative estimate of drug-likeness (QED) is 0.526. The van der Waals surface area contributed by atoms with E-state index in [1.165, 1.54) is 42.7 Å². The van der Waals surface area contributed by atoms with Crippen LogP contribution in [-0.4, -0.2) is 49.5 Å². The predicted molar refractivity (Wildman–Crippen MR) is 116 cm³/mol. The van der Waals surface area contributed by atoms with Gasteiger partial charge in [0.2, 0.25) is 0 Å². The third-order valence-electron chi connectivity index (χ3n) is 5.10. The predicted octanol–water partition coefficient (Wildman–Crippen LogP) is 3.61. The molecular weight excluding hydrogens is 430 g/mol. The van der Waals surface area contributed by atoms with Gasteiger partial charge < -0.3 is 18.3 Å². The van der Waals surface area contributed by atoms with Gasteiger partial charge in [-0.2, -0.15) is 5.10 Å². The normalized spacial score (nSPS) is 15.2. The summed E-state index contributed by atoms with van der Waals surface area (Å²) < 4.78 is 20.8. The highest BCUT2D eigenvalue weighted by Gasteiger charge is 2.36. The van der Waals surface area contributed by atoms with Gasteiger partial charge in [-0.15, -0.1) is 0 Å². The second-order valence-electron chi connectivity index (χ2n) is 7.12. The van der Waals surface area contributed by atoms with Gasteiger partial charge >= 0.3 is 12.1 Å². The highest BCUT2D eigenvalue weighted by Crippen LogP contribution is 2.33. The van der Waals surface area contributed by atoms with Gasteiger partial charge in [0.05, 0.1) is 30.9 Å². The number of hydrazone groups is 1. The Morgan fingerprint density at radius 1 is 1.09 bits per heavy atom. The number of ether oxygens (including phenoxy) is 2. The summed E-state index contributed by atoms with van der Waals surface area (Å²) in [5.74, 6) is -0.215. The van der Waals surface area contributed by atoms with Crippen molar-refractivity contribution in [3.63, 3.8) is 0 Å². The lowest BCUT2D eigenvalue weighted by atomic mass is 10.1. The van der Waals surface area contributed by atoms with E-state index in [2.05, 4.69) is 5.10 Å². The number of rotatable bonds is 6. The van der Waals surface area contributed by atoms with Crippen molar-refractivity contribution in [2.24, 2.45) is 5.10 Å². The maximum atomic E-state index is 13.0. The van der Waals surface area contributed by atoms with Gasteiger partial charge in [-0.05, 0) is 36.4 Å². The summed E-state index contributed by atoms with van der Waals surface area (Å²) in [7, 11) is 2.70. The molecule has 0 saturated heterocycles. The van der Waals surface area contributed by atoms with Crippen LogP contribution in [0.3, 0.4) is 0 Å². The minimum Gasteiger partial charge on any atom is -0.467 e. The Balaban J connectivity index is 1.50. The van der Waals surface area contributed by atoms with E-state index in [9.17, 15) is 14.4 Å². The molecule has 0 N–H and O–H groups in total. The molecule has 0 radical (unpaired) electrons. The van der Waals surface area contributed by atoms with Crippen molar-refractivity contribution >= 4 is 29.4 Å². The number of furan rings is 2. The van der Waals surface area contributed by atoms with Crippen molar-refractivity contribution in [3.05, 3.63) is 78.1 Å². The van der Waals surface area contributed by atoms with Gasteiger partial charge in [-0.25, -0.2) is 14.6 Å². The molecule has 1 aliphatic rings. The molecular formula is C23H21N3O7. The number of hydrogen-bond donors (Lipinski definition) is 0. The number of amides is 2. The number of esters is 1. The molecule has 33 heavy (non-hydrogen) atoms. The number of methoxy groups -OCH3 is 1. The van der Waals surface area contributed by atoms with E-state index in [1.807, 2.05) is 0 Å². The van der Waals surface area contributed by atoms with E-state index in [4.69, 9.17) is 18.3 Å². The Morgan fingerprint density at radius 2 is 1.85 bits per heavy atom. The molecule has 1 atom stereocenters. The zero-order chi connectivity index (χ0) is 23.4. The number of hydrogen-bond acceptors (Lipinski definition) is 8. The standard InChI is InChI=1S/C23H21N3O7/c1-25(23(29)30-2)17-8-4-3-7-15(17)22(28)33-14-21(27)26-18(20-10-6-12-32-20)13-16(24-26)19-9-5-11-31-19/h3-12,18H,13-14H2,1-2H3. The third-order valence-corrected chi connectivity index (χ3v) is 5.10. The van der Waals surface area contributed by atoms with E-state index in [0.717, 1.165) is 0 Å². The average Bonchev–Trinajstić information content (AvgIpc) is 3.62. The van der Waals surface area contributed by atoms with Gasteiger partial charge in [-0.3, -0.25) is 9.69 Å². The van der Waals surface area contributed by atoms with E-state index in [-0.39, 0.29) is 11.3 Å². The maximum Gasteiger partial charge on any atom is 0.413 e. The number of anilines is 1. The lowest BCUT2D eigenvalue weighted by molar-refractivity contribution is -0.136. The topological polar surface area (TPSA) is 115 Å². The molecule has 0 fully saturated rings. The summed E-state index contributed by atoms with van der Waals surface area (Å²) in [4.78, 5) is 38.7. The number of carbonyl (C=O) groups is 3. The summed E-state index contributed by atoms with van der Waals surface area (Å²) >= 11 is 0. The van der Waals surface area contributed by atoms with Crippen molar-refractivity contribution < 1.29 is 32.7 Å². The minimum atomic E-state index is -0.765. The zero-order valence-electron chi connectivity index (χ0n) is 18.0. The number of benzene rings is 1. The summed E-state index contributed by atoms with van der Waals surface area (Å²) in [5, 5.41) is 5.62. The number of nitrogens with zero attached hydrogens (tertiary/aromatic N) is 3. The smallest absolute Gasteiger partial charge is 0.413 e. The molecule has 0 spiro atoms. The van der Waals surface area contributed by atoms with Crippen molar-refractivity contribution in [2.45, 2.75) is 12.5 Å². The first-order chi connectivity index (χ1) is 16.0. The van der Waals surface area contributed by atoms with Crippen LogP contribution in [0.2, 0.25) is 0 Å². The lowest BCUT2D eigenvalue weighted by Crippen LogP contribution is -2.32. The molecule has 10 nitrogen and oxygen atoms in total. The molecule has 0 saturated carbocycles. The maximum absolute atomic E-state index is 13.0. The minimum absolute atomic E-state index is 0.113. The van der Waals surface area contributed by atoms with Crippen molar-refractivity contribution in [3.8, 4) is 0 Å². The van der Waals surface area contributed by atoms with E-state index in [0.29, 0.717) is 23.7 Å². The molecule has 0 aliphatic carbocycles. The van der Waals surface area contributed by atoms with Gasteiger partial charge in [0.1, 0.15) is 23.3 Å². The molecule has 3 heterocycles. The fourth-order valence-electron chi connectivity index (χ4n) is 3.48. The molecule has 2 amide bonds. The first kappa shape index (κ1) is 21.9. The second kappa shape index (κ2) is 9.43. The summed E-state index contributed by atoms with van der Waals surface area (Å²) in [6.45, 7) is -0.554. The van der Waals surface area contributed by atoms with E-state index in [1.54, 1.807) is 42.5 Å². The number of para-hydroxylation sites is 1. The molecule has 0 bridgehead atoms. The monoisotopic (exact) mass is 451 g/mol. The van der Waals surface area contributed by atoms with Crippen LogP contribution < -0.4 is 4.90 Å². The third kappa shape index (κ3) is 4.49. The Labute approximate surface area is 189 Å². The SMILES string of the molecule is COC(=O)N(C)c1ccccc1C(=O)OCC(=O)N1N=C(c2ccco2)CC1c1ccco1. The van der Waals surface area contributed by atoms with Crippen LogP contribution in [0.5, 0.6) is 0 Å². The molecule has 3 aromatic rings. The van der Waals surface area contributed by atoms with Gasteiger partial charge in [0.15, 0.2) is 6.61 Å². The number of carbonyl (C=O) groups excluding carboxylic acids is 3. The largest absolute Gasteiger partial charge is 0.467 e. The van der Waals surface area contributed by atoms with Crippen molar-refractivity contribution in [1.29, 1.82) is 0 Å². The Hall–Kier alpha value is -4.34. The Bertz CT molecular complexity index is 1170. The first-order valence-corrected chi connectivity index (χ1v) is 10.0. The molecule has 1 unspecified atom stereocenters. The molecule has 10 heteroatoms. The van der Waals surface area contributed by atoms with Crippen molar-refractivity contribution in [1.82, 2.24) is 5.01 Å². The van der Waals surface area contributed by atoms with Crippen LogP contribution in [0, 0.1) is 0 Å². The first-order valence-electron chi connectivity index (χ1n) is 10.0. The second-order valence-corrected chi connectivity index (χ2v) is 7.12. The van der Waals surface area contributed by atoms with Gasteiger partial charge in [0, 0.05) is 13.5 Å². The Morgan fingerprint density at radius 3 is 2.55 bits per heavy atom.